The summed E-state index contributed by atoms with van der Waals surface area (Å²) in [7, 11) is 0. The van der Waals surface area contributed by atoms with Gasteiger partial charge in [0.2, 0.25) is 0 Å². The topological polar surface area (TPSA) is 50.7 Å². The maximum absolute atomic E-state index is 11.7. The van der Waals surface area contributed by atoms with Crippen LogP contribution in [0.1, 0.15) is 44.6 Å². The number of anilines is 1. The van der Waals surface area contributed by atoms with Gasteiger partial charge < -0.3 is 0 Å². The van der Waals surface area contributed by atoms with E-state index in [9.17, 15) is 4.79 Å². The summed E-state index contributed by atoms with van der Waals surface area (Å²) in [5, 5.41) is 6.67. The first-order valence-corrected chi connectivity index (χ1v) is 6.91. The van der Waals surface area contributed by atoms with Gasteiger partial charge in [-0.2, -0.15) is 0 Å². The Hall–Kier alpha value is -1.84. The molecule has 1 fully saturated rings. The number of hydrogen-bond acceptors (Lipinski definition) is 3. The summed E-state index contributed by atoms with van der Waals surface area (Å²) in [6, 6.07) is 7.70. The molecular weight excluding hydrogens is 240 g/mol. The number of amides is 1. The molecule has 4 heteroatoms. The summed E-state index contributed by atoms with van der Waals surface area (Å²) >= 11 is 0. The van der Waals surface area contributed by atoms with E-state index in [-0.39, 0.29) is 0 Å². The van der Waals surface area contributed by atoms with Gasteiger partial charge in [0.1, 0.15) is 0 Å². The number of nitrogens with one attached hydrogen (secondary N) is 1. The minimum absolute atomic E-state index is 0.515. The molecule has 0 saturated heterocycles. The number of benzene rings is 1. The Labute approximate surface area is 113 Å². The van der Waals surface area contributed by atoms with Gasteiger partial charge >= 0.3 is 6.09 Å². The van der Waals surface area contributed by atoms with Crippen LogP contribution in [0.25, 0.3) is 0 Å². The maximum Gasteiger partial charge on any atom is 0.437 e. The van der Waals surface area contributed by atoms with Crippen LogP contribution in [-0.2, 0) is 11.3 Å². The van der Waals surface area contributed by atoms with E-state index in [2.05, 4.69) is 10.5 Å². The summed E-state index contributed by atoms with van der Waals surface area (Å²) in [6.45, 7) is 2.05. The Bertz CT molecular complexity index is 461. The van der Waals surface area contributed by atoms with E-state index in [1.165, 1.54) is 6.42 Å². The highest BCUT2D eigenvalue weighted by molar-refractivity contribution is 5.88. The Kier molecular flexibility index (Phi) is 4.95. The first-order valence-electron chi connectivity index (χ1n) is 6.91. The van der Waals surface area contributed by atoms with E-state index in [1.807, 2.05) is 31.2 Å². The molecule has 0 spiro atoms. The summed E-state index contributed by atoms with van der Waals surface area (Å²) in [4.78, 5) is 16.6. The van der Waals surface area contributed by atoms with Crippen molar-refractivity contribution in [3.05, 3.63) is 29.8 Å². The number of aryl methyl sites for hydroxylation is 1. The smallest absolute Gasteiger partial charge is 0.298 e. The number of para-hydroxylation sites is 1. The van der Waals surface area contributed by atoms with Crippen molar-refractivity contribution in [3.63, 3.8) is 0 Å². The standard InChI is InChI=1S/C15H20N2O2/c1-2-12-8-6-7-11-14(12)16-15(18)19-17-13-9-4-3-5-10-13/h6-8,11H,2-5,9-10H2,1H3,(H,16,18). The molecule has 0 aliphatic heterocycles. The zero-order valence-corrected chi connectivity index (χ0v) is 11.3. The third-order valence-electron chi connectivity index (χ3n) is 3.32. The molecule has 0 bridgehead atoms. The van der Waals surface area contributed by atoms with Gasteiger partial charge in [0.05, 0.1) is 5.71 Å². The molecule has 1 saturated carbocycles. The molecule has 1 aliphatic carbocycles. The monoisotopic (exact) mass is 260 g/mol. The molecule has 0 aromatic heterocycles. The maximum atomic E-state index is 11.7. The number of carbonyl (C=O) groups excluding carboxylic acids is 1. The van der Waals surface area contributed by atoms with E-state index in [4.69, 9.17) is 4.84 Å². The number of rotatable bonds is 3. The Morgan fingerprint density at radius 1 is 1.26 bits per heavy atom. The van der Waals surface area contributed by atoms with E-state index >= 15 is 0 Å². The first-order chi connectivity index (χ1) is 9.29. The fourth-order valence-electron chi connectivity index (χ4n) is 2.24. The second-order valence-corrected chi connectivity index (χ2v) is 4.73. The summed E-state index contributed by atoms with van der Waals surface area (Å²) in [5.41, 5.74) is 2.87. The molecule has 19 heavy (non-hydrogen) atoms. The Morgan fingerprint density at radius 2 is 2.00 bits per heavy atom. The first kappa shape index (κ1) is 13.6. The molecule has 0 radical (unpaired) electrons. The van der Waals surface area contributed by atoms with Crippen molar-refractivity contribution in [2.75, 3.05) is 5.32 Å². The quantitative estimate of drug-likeness (QED) is 0.656. The van der Waals surface area contributed by atoms with Crippen LogP contribution >= 0.6 is 0 Å². The number of carbonyl (C=O) groups is 1. The lowest BCUT2D eigenvalue weighted by Gasteiger charge is -2.11. The second-order valence-electron chi connectivity index (χ2n) is 4.73. The SMILES string of the molecule is CCc1ccccc1NC(=O)ON=C1CCCCC1. The fourth-order valence-corrected chi connectivity index (χ4v) is 2.24. The lowest BCUT2D eigenvalue weighted by Crippen LogP contribution is -2.14. The van der Waals surface area contributed by atoms with Crippen LogP contribution < -0.4 is 5.32 Å². The van der Waals surface area contributed by atoms with E-state index in [1.54, 1.807) is 0 Å². The van der Waals surface area contributed by atoms with Crippen molar-refractivity contribution in [2.45, 2.75) is 45.4 Å². The van der Waals surface area contributed by atoms with Crippen molar-refractivity contribution in [2.24, 2.45) is 5.16 Å². The predicted octanol–water partition coefficient (Wildman–Crippen LogP) is 4.12. The molecule has 1 aromatic carbocycles. The minimum atomic E-state index is -0.515. The summed E-state index contributed by atoms with van der Waals surface area (Å²) in [5.74, 6) is 0. The van der Waals surface area contributed by atoms with Crippen molar-refractivity contribution < 1.29 is 9.63 Å². The predicted molar refractivity (Wildman–Crippen MR) is 76.4 cm³/mol. The van der Waals surface area contributed by atoms with Crippen LogP contribution in [0.15, 0.2) is 29.4 Å². The highest BCUT2D eigenvalue weighted by Crippen LogP contribution is 2.17. The third kappa shape index (κ3) is 4.09. The molecular formula is C15H20N2O2. The van der Waals surface area contributed by atoms with Crippen LogP contribution in [0.5, 0.6) is 0 Å². The average Bonchev–Trinajstić information content (AvgIpc) is 2.47. The van der Waals surface area contributed by atoms with Gasteiger partial charge in [-0.1, -0.05) is 36.7 Å². The normalized spacial score (nSPS) is 14.9. The largest absolute Gasteiger partial charge is 0.437 e. The van der Waals surface area contributed by atoms with Gasteiger partial charge in [0.25, 0.3) is 0 Å². The van der Waals surface area contributed by atoms with Crippen LogP contribution in [0.3, 0.4) is 0 Å². The van der Waals surface area contributed by atoms with Gasteiger partial charge in [-0.05, 0) is 43.7 Å². The zero-order valence-electron chi connectivity index (χ0n) is 11.3. The lowest BCUT2D eigenvalue weighted by atomic mass is 9.99. The van der Waals surface area contributed by atoms with Gasteiger partial charge in [-0.3, -0.25) is 10.2 Å². The molecule has 0 atom stereocenters. The van der Waals surface area contributed by atoms with Gasteiger partial charge in [0.15, 0.2) is 0 Å². The Morgan fingerprint density at radius 3 is 2.74 bits per heavy atom. The number of oxime groups is 1. The fraction of sp³-hybridized carbons (Fsp3) is 0.467. The van der Waals surface area contributed by atoms with Crippen LogP contribution in [0, 0.1) is 0 Å². The number of hydrogen-bond donors (Lipinski definition) is 1. The van der Waals surface area contributed by atoms with E-state index in [0.29, 0.717) is 0 Å². The molecule has 2 rings (SSSR count). The Balaban J connectivity index is 1.90. The van der Waals surface area contributed by atoms with E-state index in [0.717, 1.165) is 49.1 Å². The van der Waals surface area contributed by atoms with Gasteiger partial charge in [-0.25, -0.2) is 4.79 Å². The summed E-state index contributed by atoms with van der Waals surface area (Å²) < 4.78 is 0. The molecule has 1 aromatic rings. The average molecular weight is 260 g/mol. The van der Waals surface area contributed by atoms with Crippen molar-refractivity contribution >= 4 is 17.5 Å². The highest BCUT2D eigenvalue weighted by Gasteiger charge is 2.10. The van der Waals surface area contributed by atoms with Gasteiger partial charge in [-0.15, -0.1) is 0 Å². The molecule has 4 nitrogen and oxygen atoms in total. The molecule has 102 valence electrons. The molecule has 1 N–H and O–H groups in total. The lowest BCUT2D eigenvalue weighted by molar-refractivity contribution is 0.165. The minimum Gasteiger partial charge on any atom is -0.298 e. The van der Waals surface area contributed by atoms with Crippen molar-refractivity contribution in [1.82, 2.24) is 0 Å². The third-order valence-corrected chi connectivity index (χ3v) is 3.32. The number of nitrogens with zero attached hydrogens (tertiary/aromatic N) is 1. The van der Waals surface area contributed by atoms with Crippen LogP contribution in [-0.4, -0.2) is 11.8 Å². The molecule has 1 amide bonds. The van der Waals surface area contributed by atoms with Crippen molar-refractivity contribution in [1.29, 1.82) is 0 Å². The second kappa shape index (κ2) is 6.92. The molecule has 0 heterocycles. The van der Waals surface area contributed by atoms with Gasteiger partial charge in [0, 0.05) is 5.69 Å². The molecule has 1 aliphatic rings. The van der Waals surface area contributed by atoms with Crippen molar-refractivity contribution in [3.8, 4) is 0 Å². The van der Waals surface area contributed by atoms with E-state index < -0.39 is 6.09 Å². The van der Waals surface area contributed by atoms with Crippen LogP contribution in [0.4, 0.5) is 10.5 Å². The summed E-state index contributed by atoms with van der Waals surface area (Å²) in [6.07, 6.45) is 5.77. The highest BCUT2D eigenvalue weighted by atomic mass is 16.7. The zero-order chi connectivity index (χ0) is 13.5. The van der Waals surface area contributed by atoms with Crippen LogP contribution in [0.2, 0.25) is 0 Å². The molecule has 0 unspecified atom stereocenters.